The summed E-state index contributed by atoms with van der Waals surface area (Å²) in [7, 11) is 0. The van der Waals surface area contributed by atoms with Crippen LogP contribution in [0.1, 0.15) is 44.7 Å². The molecule has 3 amide bonds. The Labute approximate surface area is 192 Å². The maximum atomic E-state index is 12.0. The highest BCUT2D eigenvalue weighted by Crippen LogP contribution is 2.43. The largest absolute Gasteiger partial charge is 0.484 e. The van der Waals surface area contributed by atoms with Crippen molar-refractivity contribution < 1.29 is 14.3 Å². The smallest absolute Gasteiger partial charge is 0.319 e. The molecule has 0 aliphatic heterocycles. The minimum absolute atomic E-state index is 0.0393. The van der Waals surface area contributed by atoms with Crippen LogP contribution < -0.4 is 21.1 Å². The van der Waals surface area contributed by atoms with Crippen LogP contribution in [0.5, 0.6) is 5.75 Å². The van der Waals surface area contributed by atoms with Crippen LogP contribution in [0.2, 0.25) is 0 Å². The van der Waals surface area contributed by atoms with Gasteiger partial charge < -0.3 is 25.7 Å². The molecule has 0 atom stereocenters. The molecule has 4 rings (SSSR count). The fourth-order valence-corrected chi connectivity index (χ4v) is 4.10. The first kappa shape index (κ1) is 22.2. The number of carbonyl (C=O) groups is 2. The number of rotatable bonds is 7. The van der Waals surface area contributed by atoms with Crippen LogP contribution in [0.3, 0.4) is 0 Å². The number of hydrogen-bond acceptors (Lipinski definition) is 4. The number of anilines is 1. The van der Waals surface area contributed by atoms with E-state index in [1.54, 1.807) is 6.07 Å². The summed E-state index contributed by atoms with van der Waals surface area (Å²) in [6.45, 7) is 3.60. The molecule has 1 saturated carbocycles. The van der Waals surface area contributed by atoms with Crippen LogP contribution >= 0.6 is 0 Å². The molecule has 170 valence electrons. The summed E-state index contributed by atoms with van der Waals surface area (Å²) in [6, 6.07) is 15.4. The van der Waals surface area contributed by atoms with E-state index in [1.165, 1.54) is 0 Å². The minimum Gasteiger partial charge on any atom is -0.484 e. The van der Waals surface area contributed by atoms with Crippen molar-refractivity contribution >= 4 is 28.5 Å². The van der Waals surface area contributed by atoms with E-state index in [2.05, 4.69) is 21.3 Å². The van der Waals surface area contributed by atoms with E-state index in [9.17, 15) is 14.9 Å². The van der Waals surface area contributed by atoms with Crippen molar-refractivity contribution in [2.24, 2.45) is 5.73 Å². The third kappa shape index (κ3) is 4.62. The third-order valence-electron chi connectivity index (χ3n) is 5.74. The summed E-state index contributed by atoms with van der Waals surface area (Å²) < 4.78 is 7.72. The molecule has 0 saturated heterocycles. The van der Waals surface area contributed by atoms with Gasteiger partial charge in [-0.15, -0.1) is 0 Å². The van der Waals surface area contributed by atoms with Crippen LogP contribution in [0.25, 0.3) is 22.2 Å². The van der Waals surface area contributed by atoms with Gasteiger partial charge in [0.15, 0.2) is 6.61 Å². The average molecular weight is 446 g/mol. The Bertz CT molecular complexity index is 1230. The monoisotopic (exact) mass is 445 g/mol. The van der Waals surface area contributed by atoms with Crippen molar-refractivity contribution in [3.05, 3.63) is 48.0 Å². The number of amides is 3. The molecule has 1 fully saturated rings. The van der Waals surface area contributed by atoms with Crippen molar-refractivity contribution in [1.29, 1.82) is 5.26 Å². The molecule has 1 heterocycles. The number of nitrogens with two attached hydrogens (primary N) is 1. The fraction of sp³-hybridized carbons (Fsp3) is 0.320. The van der Waals surface area contributed by atoms with Gasteiger partial charge in [-0.3, -0.25) is 4.79 Å². The first-order valence-corrected chi connectivity index (χ1v) is 11.0. The van der Waals surface area contributed by atoms with Gasteiger partial charge in [0.05, 0.1) is 16.8 Å². The van der Waals surface area contributed by atoms with Crippen molar-refractivity contribution in [3.63, 3.8) is 0 Å². The summed E-state index contributed by atoms with van der Waals surface area (Å²) in [5, 5.41) is 16.5. The summed E-state index contributed by atoms with van der Waals surface area (Å²) in [4.78, 5) is 23.1. The number of aromatic nitrogens is 1. The molecule has 0 radical (unpaired) electrons. The molecule has 1 aliphatic rings. The summed E-state index contributed by atoms with van der Waals surface area (Å²) in [6.07, 6.45) is 3.20. The highest BCUT2D eigenvalue weighted by atomic mass is 16.5. The number of nitriles is 1. The van der Waals surface area contributed by atoms with E-state index in [0.29, 0.717) is 17.0 Å². The quantitative estimate of drug-likeness (QED) is 0.502. The fourth-order valence-electron chi connectivity index (χ4n) is 4.10. The van der Waals surface area contributed by atoms with Crippen molar-refractivity contribution in [2.45, 2.75) is 45.2 Å². The molecule has 4 N–H and O–H groups in total. The molecule has 0 spiro atoms. The predicted octanol–water partition coefficient (Wildman–Crippen LogP) is 4.30. The Kier molecular flexibility index (Phi) is 6.22. The molecule has 1 aromatic heterocycles. The topological polar surface area (TPSA) is 122 Å². The second-order valence-corrected chi connectivity index (χ2v) is 8.55. The number of nitrogens with one attached hydrogen (secondary N) is 2. The first-order chi connectivity index (χ1) is 15.9. The lowest BCUT2D eigenvalue weighted by Gasteiger charge is -2.30. The number of ether oxygens (including phenoxy) is 1. The molecular weight excluding hydrogens is 418 g/mol. The maximum absolute atomic E-state index is 12.0. The van der Waals surface area contributed by atoms with E-state index >= 15 is 0 Å². The Morgan fingerprint density at radius 1 is 1.21 bits per heavy atom. The second kappa shape index (κ2) is 9.25. The third-order valence-corrected chi connectivity index (χ3v) is 5.74. The highest BCUT2D eigenvalue weighted by molar-refractivity contribution is 5.96. The molecule has 1 aliphatic carbocycles. The SMILES string of the molecule is CC(C)NC(=O)Nc1ccc(-c2c(C#N)c3ccc(OCC(N)=O)cc3n2C2CCC2)cc1. The lowest BCUT2D eigenvalue weighted by atomic mass is 9.92. The van der Waals surface area contributed by atoms with E-state index in [-0.39, 0.29) is 24.7 Å². The highest BCUT2D eigenvalue weighted by Gasteiger charge is 2.28. The van der Waals surface area contributed by atoms with Crippen LogP contribution in [-0.2, 0) is 4.79 Å². The van der Waals surface area contributed by atoms with Crippen LogP contribution in [0.15, 0.2) is 42.5 Å². The van der Waals surface area contributed by atoms with Crippen molar-refractivity contribution in [3.8, 4) is 23.1 Å². The average Bonchev–Trinajstić information content (AvgIpc) is 3.04. The number of benzene rings is 2. The molecule has 3 aromatic rings. The summed E-state index contributed by atoms with van der Waals surface area (Å²) in [5.41, 5.74) is 9.11. The number of urea groups is 1. The number of fused-ring (bicyclic) bond motifs is 1. The lowest BCUT2D eigenvalue weighted by Crippen LogP contribution is -2.34. The second-order valence-electron chi connectivity index (χ2n) is 8.55. The Hall–Kier alpha value is -3.99. The lowest BCUT2D eigenvalue weighted by molar-refractivity contribution is -0.119. The number of carbonyl (C=O) groups excluding carboxylic acids is 2. The molecular formula is C25H27N5O3. The summed E-state index contributed by atoms with van der Waals surface area (Å²) in [5.74, 6) is -0.00947. The van der Waals surface area contributed by atoms with Gasteiger partial charge in [-0.25, -0.2) is 4.79 Å². The first-order valence-electron chi connectivity index (χ1n) is 11.0. The normalized spacial score (nSPS) is 13.4. The predicted molar refractivity (Wildman–Crippen MR) is 127 cm³/mol. The van der Waals surface area contributed by atoms with Crippen LogP contribution in [0.4, 0.5) is 10.5 Å². The van der Waals surface area contributed by atoms with Gasteiger partial charge in [-0.05, 0) is 62.9 Å². The van der Waals surface area contributed by atoms with Gasteiger partial charge in [0, 0.05) is 29.2 Å². The standard InChI is InChI=1S/C25H27N5O3/c1-15(2)28-25(32)29-17-8-6-16(7-9-17)24-21(13-26)20-11-10-19(33-14-23(27)31)12-22(20)30(24)18-4-3-5-18/h6-12,15,18H,3-5,14H2,1-2H3,(H2,27,31)(H2,28,29,32). The van der Waals surface area contributed by atoms with Gasteiger partial charge >= 0.3 is 6.03 Å². The summed E-state index contributed by atoms with van der Waals surface area (Å²) >= 11 is 0. The Morgan fingerprint density at radius 3 is 2.52 bits per heavy atom. The van der Waals surface area contributed by atoms with Gasteiger partial charge in [-0.2, -0.15) is 5.26 Å². The van der Waals surface area contributed by atoms with Gasteiger partial charge in [0.1, 0.15) is 11.8 Å². The molecule has 33 heavy (non-hydrogen) atoms. The van der Waals surface area contributed by atoms with E-state index < -0.39 is 5.91 Å². The zero-order chi connectivity index (χ0) is 23.5. The maximum Gasteiger partial charge on any atom is 0.319 e. The van der Waals surface area contributed by atoms with Gasteiger partial charge in [-0.1, -0.05) is 12.1 Å². The Balaban J connectivity index is 1.75. The Morgan fingerprint density at radius 2 is 1.94 bits per heavy atom. The van der Waals surface area contributed by atoms with E-state index in [0.717, 1.165) is 41.4 Å². The van der Waals surface area contributed by atoms with Crippen LogP contribution in [0, 0.1) is 11.3 Å². The minimum atomic E-state index is -0.543. The molecule has 0 bridgehead atoms. The van der Waals surface area contributed by atoms with Crippen LogP contribution in [-0.4, -0.2) is 29.2 Å². The van der Waals surface area contributed by atoms with E-state index in [1.807, 2.05) is 50.2 Å². The molecule has 0 unspecified atom stereocenters. The van der Waals surface area contributed by atoms with E-state index in [4.69, 9.17) is 10.5 Å². The molecule has 8 heteroatoms. The van der Waals surface area contributed by atoms with Crippen molar-refractivity contribution in [1.82, 2.24) is 9.88 Å². The number of hydrogen-bond donors (Lipinski definition) is 3. The van der Waals surface area contributed by atoms with Gasteiger partial charge in [0.25, 0.3) is 5.91 Å². The number of primary amides is 1. The number of nitrogens with zero attached hydrogens (tertiary/aromatic N) is 2. The zero-order valence-corrected chi connectivity index (χ0v) is 18.7. The zero-order valence-electron chi connectivity index (χ0n) is 18.7. The van der Waals surface area contributed by atoms with Crippen molar-refractivity contribution in [2.75, 3.05) is 11.9 Å². The molecule has 2 aromatic carbocycles. The van der Waals surface area contributed by atoms with Gasteiger partial charge in [0.2, 0.25) is 0 Å². The molecule has 8 nitrogen and oxygen atoms in total.